The van der Waals surface area contributed by atoms with Gasteiger partial charge in [-0.2, -0.15) is 0 Å². The van der Waals surface area contributed by atoms with Crippen molar-refractivity contribution in [2.75, 3.05) is 27.7 Å². The normalized spacial score (nSPS) is 35.8. The van der Waals surface area contributed by atoms with E-state index in [0.717, 1.165) is 19.3 Å². The van der Waals surface area contributed by atoms with Gasteiger partial charge in [0.25, 0.3) is 0 Å². The third-order valence-corrected chi connectivity index (χ3v) is 4.30. The SMILES string of the molecule is CNC1(N(C)C)CCC(CO)C(C)(C)C1. The molecule has 2 N–H and O–H groups in total. The van der Waals surface area contributed by atoms with Crippen LogP contribution in [0.2, 0.25) is 0 Å². The lowest BCUT2D eigenvalue weighted by Gasteiger charge is -2.52. The predicted molar refractivity (Wildman–Crippen MR) is 63.7 cm³/mol. The molecule has 0 radical (unpaired) electrons. The summed E-state index contributed by atoms with van der Waals surface area (Å²) in [7, 11) is 6.30. The lowest BCUT2D eigenvalue weighted by Crippen LogP contribution is -2.60. The van der Waals surface area contributed by atoms with E-state index in [1.807, 2.05) is 7.05 Å². The highest BCUT2D eigenvalue weighted by Crippen LogP contribution is 2.45. The maximum Gasteiger partial charge on any atom is 0.0710 e. The van der Waals surface area contributed by atoms with Crippen LogP contribution < -0.4 is 5.32 Å². The lowest BCUT2D eigenvalue weighted by atomic mass is 9.64. The topological polar surface area (TPSA) is 35.5 Å². The van der Waals surface area contributed by atoms with Crippen LogP contribution in [-0.2, 0) is 0 Å². The molecule has 2 unspecified atom stereocenters. The van der Waals surface area contributed by atoms with Gasteiger partial charge in [-0.25, -0.2) is 0 Å². The van der Waals surface area contributed by atoms with Gasteiger partial charge in [0.2, 0.25) is 0 Å². The highest BCUT2D eigenvalue weighted by molar-refractivity contribution is 4.97. The van der Waals surface area contributed by atoms with Crippen LogP contribution in [0.5, 0.6) is 0 Å². The molecule has 0 bridgehead atoms. The Balaban J connectivity index is 2.83. The molecule has 0 aromatic rings. The number of hydrogen-bond acceptors (Lipinski definition) is 3. The fourth-order valence-corrected chi connectivity index (χ4v) is 2.95. The molecule has 0 spiro atoms. The van der Waals surface area contributed by atoms with Crippen molar-refractivity contribution < 1.29 is 5.11 Å². The van der Waals surface area contributed by atoms with Crippen LogP contribution >= 0.6 is 0 Å². The van der Waals surface area contributed by atoms with E-state index in [2.05, 4.69) is 38.2 Å². The Kier molecular flexibility index (Phi) is 3.80. The predicted octanol–water partition coefficient (Wildman–Crippen LogP) is 1.28. The first-order valence-electron chi connectivity index (χ1n) is 5.85. The van der Waals surface area contributed by atoms with Gasteiger partial charge in [0.15, 0.2) is 0 Å². The van der Waals surface area contributed by atoms with Gasteiger partial charge >= 0.3 is 0 Å². The van der Waals surface area contributed by atoms with Crippen LogP contribution in [-0.4, -0.2) is 43.4 Å². The minimum absolute atomic E-state index is 0.106. The fourth-order valence-electron chi connectivity index (χ4n) is 2.95. The summed E-state index contributed by atoms with van der Waals surface area (Å²) in [5.41, 5.74) is 0.315. The molecule has 0 amide bonds. The van der Waals surface area contributed by atoms with E-state index in [1.54, 1.807) is 0 Å². The van der Waals surface area contributed by atoms with Gasteiger partial charge in [0.1, 0.15) is 0 Å². The Hall–Kier alpha value is -0.120. The van der Waals surface area contributed by atoms with Crippen molar-refractivity contribution in [3.05, 3.63) is 0 Å². The molecule has 3 nitrogen and oxygen atoms in total. The Labute approximate surface area is 93.9 Å². The van der Waals surface area contributed by atoms with E-state index in [4.69, 9.17) is 0 Å². The van der Waals surface area contributed by atoms with Crippen LogP contribution in [0.1, 0.15) is 33.1 Å². The molecule has 0 heterocycles. The number of hydrogen-bond donors (Lipinski definition) is 2. The average molecular weight is 214 g/mol. The first kappa shape index (κ1) is 12.9. The molecule has 1 rings (SSSR count). The quantitative estimate of drug-likeness (QED) is 0.695. The molecule has 3 heteroatoms. The minimum atomic E-state index is 0.106. The number of aliphatic hydroxyl groups excluding tert-OH is 1. The van der Waals surface area contributed by atoms with Crippen molar-refractivity contribution in [3.8, 4) is 0 Å². The number of nitrogens with zero attached hydrogens (tertiary/aromatic N) is 1. The monoisotopic (exact) mass is 214 g/mol. The van der Waals surface area contributed by atoms with Crippen LogP contribution in [0.3, 0.4) is 0 Å². The molecule has 0 aromatic carbocycles. The van der Waals surface area contributed by atoms with Crippen molar-refractivity contribution in [3.63, 3.8) is 0 Å². The summed E-state index contributed by atoms with van der Waals surface area (Å²) >= 11 is 0. The van der Waals surface area contributed by atoms with Crippen LogP contribution in [0, 0.1) is 11.3 Å². The first-order chi connectivity index (χ1) is 6.88. The second kappa shape index (κ2) is 4.40. The van der Waals surface area contributed by atoms with Gasteiger partial charge in [-0.1, -0.05) is 13.8 Å². The van der Waals surface area contributed by atoms with Gasteiger partial charge in [0.05, 0.1) is 5.66 Å². The Bertz CT molecular complexity index is 216. The smallest absolute Gasteiger partial charge is 0.0710 e. The van der Waals surface area contributed by atoms with Crippen molar-refractivity contribution >= 4 is 0 Å². The Morgan fingerprint density at radius 1 is 1.40 bits per heavy atom. The highest BCUT2D eigenvalue weighted by atomic mass is 16.3. The van der Waals surface area contributed by atoms with Gasteiger partial charge < -0.3 is 10.4 Å². The van der Waals surface area contributed by atoms with E-state index in [-0.39, 0.29) is 11.1 Å². The number of aliphatic hydroxyl groups is 1. The van der Waals surface area contributed by atoms with Crippen molar-refractivity contribution in [1.82, 2.24) is 10.2 Å². The molecule has 1 aliphatic rings. The summed E-state index contributed by atoms with van der Waals surface area (Å²) in [6, 6.07) is 0. The van der Waals surface area contributed by atoms with Gasteiger partial charge in [0, 0.05) is 6.61 Å². The Morgan fingerprint density at radius 2 is 2.00 bits per heavy atom. The summed E-state index contributed by atoms with van der Waals surface area (Å²) in [5, 5.41) is 12.8. The van der Waals surface area contributed by atoms with E-state index in [1.165, 1.54) is 0 Å². The summed E-state index contributed by atoms with van der Waals surface area (Å²) in [4.78, 5) is 2.28. The second-order valence-corrected chi connectivity index (χ2v) is 5.76. The molecular formula is C12H26N2O. The maximum atomic E-state index is 9.37. The molecule has 1 aliphatic carbocycles. The molecule has 2 atom stereocenters. The molecule has 1 fully saturated rings. The van der Waals surface area contributed by atoms with E-state index >= 15 is 0 Å². The molecule has 15 heavy (non-hydrogen) atoms. The second-order valence-electron chi connectivity index (χ2n) is 5.76. The molecule has 0 aromatic heterocycles. The summed E-state index contributed by atoms with van der Waals surface area (Å²) in [6.07, 6.45) is 3.31. The number of rotatable bonds is 3. The van der Waals surface area contributed by atoms with Gasteiger partial charge in [-0.15, -0.1) is 0 Å². The van der Waals surface area contributed by atoms with Crippen molar-refractivity contribution in [2.24, 2.45) is 11.3 Å². The first-order valence-corrected chi connectivity index (χ1v) is 5.85. The molecule has 90 valence electrons. The van der Waals surface area contributed by atoms with Gasteiger partial charge in [-0.05, 0) is 51.7 Å². The largest absolute Gasteiger partial charge is 0.396 e. The maximum absolute atomic E-state index is 9.37. The standard InChI is InChI=1S/C12H26N2O/c1-11(2)9-12(13-3,14(4)5)7-6-10(11)8-15/h10,13,15H,6-9H2,1-5H3. The summed E-state index contributed by atoms with van der Waals surface area (Å²) < 4.78 is 0. The van der Waals surface area contributed by atoms with Crippen molar-refractivity contribution in [2.45, 2.75) is 38.8 Å². The van der Waals surface area contributed by atoms with Gasteiger partial charge in [-0.3, -0.25) is 4.90 Å². The average Bonchev–Trinajstić information content (AvgIpc) is 2.15. The summed E-state index contributed by atoms with van der Waals surface area (Å²) in [6.45, 7) is 4.85. The molecule has 1 saturated carbocycles. The zero-order valence-electron chi connectivity index (χ0n) is 10.8. The van der Waals surface area contributed by atoms with E-state index < -0.39 is 0 Å². The fraction of sp³-hybridized carbons (Fsp3) is 1.00. The van der Waals surface area contributed by atoms with Crippen LogP contribution in [0.15, 0.2) is 0 Å². The Morgan fingerprint density at radius 3 is 2.33 bits per heavy atom. The third-order valence-electron chi connectivity index (χ3n) is 4.30. The lowest BCUT2D eigenvalue weighted by molar-refractivity contribution is -0.0361. The highest BCUT2D eigenvalue weighted by Gasteiger charge is 2.45. The molecule has 0 aliphatic heterocycles. The zero-order valence-corrected chi connectivity index (χ0v) is 10.8. The van der Waals surface area contributed by atoms with E-state index in [9.17, 15) is 5.11 Å². The minimum Gasteiger partial charge on any atom is -0.396 e. The van der Waals surface area contributed by atoms with Crippen LogP contribution in [0.4, 0.5) is 0 Å². The third kappa shape index (κ3) is 2.35. The number of nitrogens with one attached hydrogen (secondary N) is 1. The van der Waals surface area contributed by atoms with Crippen molar-refractivity contribution in [1.29, 1.82) is 0 Å². The molecule has 0 saturated heterocycles. The van der Waals surface area contributed by atoms with Crippen LogP contribution in [0.25, 0.3) is 0 Å². The molecular weight excluding hydrogens is 188 g/mol. The summed E-state index contributed by atoms with van der Waals surface area (Å²) in [5.74, 6) is 0.443. The zero-order chi connectivity index (χ0) is 11.7. The van der Waals surface area contributed by atoms with E-state index in [0.29, 0.717) is 12.5 Å².